The van der Waals surface area contributed by atoms with Crippen molar-refractivity contribution in [1.29, 1.82) is 0 Å². The average Bonchev–Trinajstić information content (AvgIpc) is 3.01. The molecule has 1 N–H and O–H groups in total. The summed E-state index contributed by atoms with van der Waals surface area (Å²) in [5, 5.41) is 3.44. The predicted molar refractivity (Wildman–Crippen MR) is 92.5 cm³/mol. The highest BCUT2D eigenvalue weighted by atomic mass is 32.2. The van der Waals surface area contributed by atoms with Gasteiger partial charge in [0.2, 0.25) is 0 Å². The molecule has 0 saturated carbocycles. The summed E-state index contributed by atoms with van der Waals surface area (Å²) in [6.45, 7) is 0.762. The number of nitrogens with zero attached hydrogens (tertiary/aromatic N) is 1. The molecule has 0 atom stereocenters. The topological polar surface area (TPSA) is 33.7 Å². The molecule has 0 spiro atoms. The van der Waals surface area contributed by atoms with Crippen LogP contribution in [-0.4, -0.2) is 38.5 Å². The molecule has 0 aliphatic carbocycles. The molecular weight excluding hydrogens is 296 g/mol. The van der Waals surface area contributed by atoms with Crippen molar-refractivity contribution in [1.82, 2.24) is 4.90 Å². The summed E-state index contributed by atoms with van der Waals surface area (Å²) >= 11 is 1.89. The summed E-state index contributed by atoms with van der Waals surface area (Å²) in [6, 6.07) is 5.81. The Morgan fingerprint density at radius 2 is 1.91 bits per heavy atom. The zero-order chi connectivity index (χ0) is 15.5. The minimum absolute atomic E-state index is 0.762. The summed E-state index contributed by atoms with van der Waals surface area (Å²) < 4.78 is 10.6. The van der Waals surface area contributed by atoms with E-state index in [1.54, 1.807) is 14.2 Å². The highest BCUT2D eigenvalue weighted by Gasteiger charge is 2.19. The summed E-state index contributed by atoms with van der Waals surface area (Å²) in [6.07, 6.45) is 6.70. The molecule has 1 aromatic rings. The largest absolute Gasteiger partial charge is 0.497 e. The molecule has 0 radical (unpaired) electrons. The van der Waals surface area contributed by atoms with Crippen molar-refractivity contribution in [3.63, 3.8) is 0 Å². The second kappa shape index (κ2) is 6.40. The SMILES string of the molecule is COc1cc(NCC2=CN(C)C3=CCSC3=C2)cc(OC)c1. The number of anilines is 1. The van der Waals surface area contributed by atoms with E-state index in [9.17, 15) is 0 Å². The van der Waals surface area contributed by atoms with Crippen molar-refractivity contribution >= 4 is 17.4 Å². The molecule has 2 heterocycles. The quantitative estimate of drug-likeness (QED) is 0.900. The number of nitrogens with one attached hydrogen (secondary N) is 1. The molecule has 2 aliphatic rings. The van der Waals surface area contributed by atoms with Crippen molar-refractivity contribution in [3.05, 3.63) is 52.7 Å². The molecular formula is C17H20N2O2S. The Morgan fingerprint density at radius 3 is 2.59 bits per heavy atom. The van der Waals surface area contributed by atoms with E-state index < -0.39 is 0 Å². The van der Waals surface area contributed by atoms with E-state index in [0.717, 1.165) is 29.5 Å². The fourth-order valence-electron chi connectivity index (χ4n) is 2.55. The minimum atomic E-state index is 0.762. The molecule has 116 valence electrons. The van der Waals surface area contributed by atoms with Gasteiger partial charge in [-0.05, 0) is 17.7 Å². The number of rotatable bonds is 5. The third kappa shape index (κ3) is 3.09. The van der Waals surface area contributed by atoms with E-state index in [4.69, 9.17) is 9.47 Å². The van der Waals surface area contributed by atoms with Gasteiger partial charge in [0.1, 0.15) is 11.5 Å². The number of ether oxygens (including phenoxy) is 2. The first-order chi connectivity index (χ1) is 10.7. The molecule has 2 aliphatic heterocycles. The van der Waals surface area contributed by atoms with Crippen LogP contribution in [0.5, 0.6) is 11.5 Å². The fraction of sp³-hybridized carbons (Fsp3) is 0.294. The van der Waals surface area contributed by atoms with Crippen LogP contribution < -0.4 is 14.8 Å². The Balaban J connectivity index is 1.72. The van der Waals surface area contributed by atoms with E-state index in [1.165, 1.54) is 16.2 Å². The Kier molecular flexibility index (Phi) is 4.34. The molecule has 0 fully saturated rings. The van der Waals surface area contributed by atoms with Crippen LogP contribution in [0.2, 0.25) is 0 Å². The molecule has 0 amide bonds. The molecule has 3 rings (SSSR count). The van der Waals surface area contributed by atoms with Crippen molar-refractivity contribution < 1.29 is 9.47 Å². The fourth-order valence-corrected chi connectivity index (χ4v) is 3.58. The Hall–Kier alpha value is -2.01. The first-order valence-electron chi connectivity index (χ1n) is 7.15. The monoisotopic (exact) mass is 316 g/mol. The number of hydrogen-bond donors (Lipinski definition) is 1. The zero-order valence-electron chi connectivity index (χ0n) is 13.1. The Labute approximate surface area is 135 Å². The summed E-state index contributed by atoms with van der Waals surface area (Å²) in [7, 11) is 5.42. The lowest BCUT2D eigenvalue weighted by Gasteiger charge is -2.23. The maximum absolute atomic E-state index is 5.30. The van der Waals surface area contributed by atoms with E-state index in [2.05, 4.69) is 35.6 Å². The van der Waals surface area contributed by atoms with E-state index >= 15 is 0 Å². The smallest absolute Gasteiger partial charge is 0.124 e. The third-order valence-corrected chi connectivity index (χ3v) is 4.64. The first kappa shape index (κ1) is 14.9. The molecule has 22 heavy (non-hydrogen) atoms. The van der Waals surface area contributed by atoms with Gasteiger partial charge in [0, 0.05) is 54.3 Å². The number of methoxy groups -OCH3 is 2. The summed E-state index contributed by atoms with van der Waals surface area (Å²) in [5.41, 5.74) is 3.56. The van der Waals surface area contributed by atoms with Gasteiger partial charge in [-0.1, -0.05) is 0 Å². The van der Waals surface area contributed by atoms with Gasteiger partial charge in [0.15, 0.2) is 0 Å². The predicted octanol–water partition coefficient (Wildman–Crippen LogP) is 3.46. The number of benzene rings is 1. The molecule has 0 bridgehead atoms. The summed E-state index contributed by atoms with van der Waals surface area (Å²) in [5.74, 6) is 2.63. The summed E-state index contributed by atoms with van der Waals surface area (Å²) in [4.78, 5) is 3.54. The van der Waals surface area contributed by atoms with Crippen molar-refractivity contribution in [3.8, 4) is 11.5 Å². The highest BCUT2D eigenvalue weighted by molar-refractivity contribution is 8.03. The van der Waals surface area contributed by atoms with Gasteiger partial charge in [-0.2, -0.15) is 0 Å². The second-order valence-electron chi connectivity index (χ2n) is 5.18. The van der Waals surface area contributed by atoms with Crippen LogP contribution in [-0.2, 0) is 0 Å². The Bertz CT molecular complexity index is 642. The number of hydrogen-bond acceptors (Lipinski definition) is 5. The van der Waals surface area contributed by atoms with Crippen molar-refractivity contribution in [2.24, 2.45) is 0 Å². The van der Waals surface area contributed by atoms with Gasteiger partial charge >= 0.3 is 0 Å². The molecule has 0 saturated heterocycles. The lowest BCUT2D eigenvalue weighted by Crippen LogP contribution is -2.17. The molecule has 5 heteroatoms. The van der Waals surface area contributed by atoms with E-state index in [0.29, 0.717) is 0 Å². The van der Waals surface area contributed by atoms with Gasteiger partial charge in [-0.15, -0.1) is 11.8 Å². The third-order valence-electron chi connectivity index (χ3n) is 3.67. The maximum atomic E-state index is 5.30. The molecule has 0 unspecified atom stereocenters. The molecule has 4 nitrogen and oxygen atoms in total. The molecule has 1 aromatic carbocycles. The lowest BCUT2D eigenvalue weighted by molar-refractivity contribution is 0.394. The standard InChI is InChI=1S/C17H20N2O2S/c1-19-11-12(6-17-16(19)4-5-22-17)10-18-13-7-14(20-2)9-15(8-13)21-3/h4,6-9,11,18H,5,10H2,1-3H3. The van der Waals surface area contributed by atoms with Gasteiger partial charge in [0.25, 0.3) is 0 Å². The highest BCUT2D eigenvalue weighted by Crippen LogP contribution is 2.36. The van der Waals surface area contributed by atoms with Gasteiger partial charge < -0.3 is 19.7 Å². The lowest BCUT2D eigenvalue weighted by atomic mass is 10.1. The van der Waals surface area contributed by atoms with Crippen molar-refractivity contribution in [2.45, 2.75) is 0 Å². The van der Waals surface area contributed by atoms with Crippen LogP contribution in [0.15, 0.2) is 52.7 Å². The number of thioether (sulfide) groups is 1. The van der Waals surface area contributed by atoms with Gasteiger partial charge in [-0.3, -0.25) is 0 Å². The van der Waals surface area contributed by atoms with Crippen molar-refractivity contribution in [2.75, 3.05) is 38.9 Å². The van der Waals surface area contributed by atoms with Crippen LogP contribution in [0.25, 0.3) is 0 Å². The van der Waals surface area contributed by atoms with E-state index in [-0.39, 0.29) is 0 Å². The minimum Gasteiger partial charge on any atom is -0.497 e. The maximum Gasteiger partial charge on any atom is 0.124 e. The zero-order valence-corrected chi connectivity index (χ0v) is 13.9. The van der Waals surface area contributed by atoms with Gasteiger partial charge in [-0.25, -0.2) is 0 Å². The van der Waals surface area contributed by atoms with Crippen LogP contribution in [0.1, 0.15) is 0 Å². The van der Waals surface area contributed by atoms with Crippen LogP contribution in [0.4, 0.5) is 5.69 Å². The average molecular weight is 316 g/mol. The van der Waals surface area contributed by atoms with Gasteiger partial charge in [0.05, 0.1) is 19.9 Å². The Morgan fingerprint density at radius 1 is 1.18 bits per heavy atom. The number of likely N-dealkylation sites (N-methyl/N-ethyl adjacent to an activating group) is 1. The normalized spacial score (nSPS) is 16.5. The number of fused-ring (bicyclic) bond motifs is 1. The van der Waals surface area contributed by atoms with Crippen LogP contribution in [0, 0.1) is 0 Å². The second-order valence-corrected chi connectivity index (χ2v) is 6.24. The van der Waals surface area contributed by atoms with E-state index in [1.807, 2.05) is 30.0 Å². The first-order valence-corrected chi connectivity index (χ1v) is 8.13. The van der Waals surface area contributed by atoms with Crippen LogP contribution in [0.3, 0.4) is 0 Å². The molecule has 0 aromatic heterocycles. The van der Waals surface area contributed by atoms with Crippen LogP contribution >= 0.6 is 11.8 Å².